The molecular formula is C20H16N2. The molecule has 2 heteroatoms. The molecule has 106 valence electrons. The van der Waals surface area contributed by atoms with Crippen LogP contribution in [0.5, 0.6) is 0 Å². The molecule has 0 saturated heterocycles. The van der Waals surface area contributed by atoms with Crippen LogP contribution in [0.3, 0.4) is 0 Å². The van der Waals surface area contributed by atoms with E-state index in [0.717, 1.165) is 11.2 Å². The van der Waals surface area contributed by atoms with Crippen LogP contribution in [-0.2, 0) is 5.41 Å². The highest BCUT2D eigenvalue weighted by Gasteiger charge is 2.37. The minimum Gasteiger partial charge on any atom is -0.339 e. The number of hydrogen-bond acceptors (Lipinski definition) is 1. The van der Waals surface area contributed by atoms with E-state index in [2.05, 4.69) is 73.4 Å². The van der Waals surface area contributed by atoms with E-state index in [-0.39, 0.29) is 5.41 Å². The first-order valence-corrected chi connectivity index (χ1v) is 7.68. The van der Waals surface area contributed by atoms with Crippen LogP contribution < -0.4 is 0 Å². The van der Waals surface area contributed by atoms with Crippen LogP contribution >= 0.6 is 0 Å². The molecule has 1 N–H and O–H groups in total. The van der Waals surface area contributed by atoms with Crippen molar-refractivity contribution in [1.82, 2.24) is 9.97 Å². The predicted octanol–water partition coefficient (Wildman–Crippen LogP) is 5.02. The normalized spacial score (nSPS) is 15.2. The minimum atomic E-state index is -0.0442. The van der Waals surface area contributed by atoms with Gasteiger partial charge in [-0.1, -0.05) is 56.3 Å². The van der Waals surface area contributed by atoms with E-state index < -0.39 is 0 Å². The van der Waals surface area contributed by atoms with E-state index >= 15 is 0 Å². The number of nitrogens with one attached hydrogen (secondary N) is 1. The molecule has 5 rings (SSSR count). The van der Waals surface area contributed by atoms with Crippen LogP contribution in [0.4, 0.5) is 0 Å². The lowest BCUT2D eigenvalue weighted by Crippen LogP contribution is -2.16. The fourth-order valence-electron chi connectivity index (χ4n) is 3.84. The first-order chi connectivity index (χ1) is 10.7. The summed E-state index contributed by atoms with van der Waals surface area (Å²) in [5.74, 6) is 0. The molecule has 0 aliphatic heterocycles. The Kier molecular flexibility index (Phi) is 2.06. The van der Waals surface area contributed by atoms with Gasteiger partial charge in [-0.05, 0) is 23.3 Å². The standard InChI is InChI=1S/C20H16N2/c1-20(2)16-9-5-3-7-12(16)14-11-15-13-8-4-6-10-17(13)21-19(15)22-18(14)20/h3-11H,1-2H3,(H,21,22). The van der Waals surface area contributed by atoms with Gasteiger partial charge in [0.05, 0.1) is 5.69 Å². The van der Waals surface area contributed by atoms with E-state index in [0.29, 0.717) is 0 Å². The van der Waals surface area contributed by atoms with Gasteiger partial charge in [0.1, 0.15) is 5.65 Å². The Morgan fingerprint density at radius 3 is 2.55 bits per heavy atom. The fraction of sp³-hybridized carbons (Fsp3) is 0.150. The highest BCUT2D eigenvalue weighted by Crippen LogP contribution is 2.48. The van der Waals surface area contributed by atoms with Crippen molar-refractivity contribution in [2.75, 3.05) is 0 Å². The number of pyridine rings is 1. The Morgan fingerprint density at radius 1 is 0.864 bits per heavy atom. The molecule has 2 aromatic heterocycles. The molecule has 2 nitrogen and oxygen atoms in total. The Hall–Kier alpha value is -2.61. The van der Waals surface area contributed by atoms with Crippen LogP contribution in [0.25, 0.3) is 33.1 Å². The van der Waals surface area contributed by atoms with Crippen LogP contribution in [0, 0.1) is 0 Å². The lowest BCUT2D eigenvalue weighted by atomic mass is 9.85. The summed E-state index contributed by atoms with van der Waals surface area (Å²) < 4.78 is 0. The van der Waals surface area contributed by atoms with E-state index in [9.17, 15) is 0 Å². The SMILES string of the molecule is CC1(C)c2ccccc2-c2cc3c(nc21)[nH]c1ccccc13. The summed E-state index contributed by atoms with van der Waals surface area (Å²) in [7, 11) is 0. The average Bonchev–Trinajstić information content (AvgIpc) is 3.00. The Bertz CT molecular complexity index is 1050. The molecule has 0 bridgehead atoms. The number of nitrogens with zero attached hydrogens (tertiary/aromatic N) is 1. The third-order valence-electron chi connectivity index (χ3n) is 4.98. The maximum Gasteiger partial charge on any atom is 0.138 e. The first kappa shape index (κ1) is 12.0. The number of hydrogen-bond donors (Lipinski definition) is 1. The monoisotopic (exact) mass is 284 g/mol. The maximum absolute atomic E-state index is 5.00. The summed E-state index contributed by atoms with van der Waals surface area (Å²) in [6, 6.07) is 19.4. The molecule has 0 atom stereocenters. The Balaban J connectivity index is 1.95. The number of para-hydroxylation sites is 1. The molecule has 2 heterocycles. The van der Waals surface area contributed by atoms with E-state index in [1.165, 1.54) is 33.2 Å². The smallest absolute Gasteiger partial charge is 0.138 e. The van der Waals surface area contributed by atoms with E-state index in [4.69, 9.17) is 4.98 Å². The number of rotatable bonds is 0. The quantitative estimate of drug-likeness (QED) is 0.482. The second kappa shape index (κ2) is 3.77. The second-order valence-corrected chi connectivity index (χ2v) is 6.62. The van der Waals surface area contributed by atoms with E-state index in [1.807, 2.05) is 0 Å². The Morgan fingerprint density at radius 2 is 1.64 bits per heavy atom. The molecule has 1 aliphatic rings. The lowest BCUT2D eigenvalue weighted by Gasteiger charge is -2.19. The molecule has 0 amide bonds. The molecule has 0 saturated carbocycles. The fourth-order valence-corrected chi connectivity index (χ4v) is 3.84. The Labute approximate surface area is 128 Å². The van der Waals surface area contributed by atoms with Gasteiger partial charge in [0.25, 0.3) is 0 Å². The number of H-pyrrole nitrogens is 1. The molecule has 0 radical (unpaired) electrons. The van der Waals surface area contributed by atoms with Gasteiger partial charge < -0.3 is 4.98 Å². The van der Waals surface area contributed by atoms with Gasteiger partial charge in [-0.15, -0.1) is 0 Å². The lowest BCUT2D eigenvalue weighted by molar-refractivity contribution is 0.639. The molecule has 2 aromatic carbocycles. The van der Waals surface area contributed by atoms with Crippen LogP contribution in [0.2, 0.25) is 0 Å². The van der Waals surface area contributed by atoms with Gasteiger partial charge in [0, 0.05) is 27.3 Å². The van der Waals surface area contributed by atoms with Crippen molar-refractivity contribution in [3.05, 3.63) is 65.9 Å². The van der Waals surface area contributed by atoms with Gasteiger partial charge >= 0.3 is 0 Å². The highest BCUT2D eigenvalue weighted by atomic mass is 14.9. The van der Waals surface area contributed by atoms with Crippen molar-refractivity contribution in [2.24, 2.45) is 0 Å². The third kappa shape index (κ3) is 1.32. The minimum absolute atomic E-state index is 0.0442. The number of aromatic amines is 1. The number of fused-ring (bicyclic) bond motifs is 6. The van der Waals surface area contributed by atoms with Gasteiger partial charge in [-0.25, -0.2) is 4.98 Å². The summed E-state index contributed by atoms with van der Waals surface area (Å²) in [5.41, 5.74) is 7.24. The molecule has 0 spiro atoms. The number of benzene rings is 2. The maximum atomic E-state index is 5.00. The van der Waals surface area contributed by atoms with Crippen molar-refractivity contribution in [3.63, 3.8) is 0 Å². The number of aromatic nitrogens is 2. The molecule has 1 aliphatic carbocycles. The van der Waals surface area contributed by atoms with Crippen molar-refractivity contribution in [1.29, 1.82) is 0 Å². The van der Waals surface area contributed by atoms with Crippen LogP contribution in [0.1, 0.15) is 25.1 Å². The summed E-state index contributed by atoms with van der Waals surface area (Å²) in [6.07, 6.45) is 0. The zero-order valence-electron chi connectivity index (χ0n) is 12.6. The summed E-state index contributed by atoms with van der Waals surface area (Å²) in [4.78, 5) is 8.47. The molecule has 4 aromatic rings. The van der Waals surface area contributed by atoms with Crippen molar-refractivity contribution in [2.45, 2.75) is 19.3 Å². The van der Waals surface area contributed by atoms with Gasteiger partial charge in [-0.2, -0.15) is 0 Å². The summed E-state index contributed by atoms with van der Waals surface area (Å²) in [5, 5.41) is 2.46. The topological polar surface area (TPSA) is 28.7 Å². The first-order valence-electron chi connectivity index (χ1n) is 7.68. The summed E-state index contributed by atoms with van der Waals surface area (Å²) in [6.45, 7) is 4.53. The van der Waals surface area contributed by atoms with Crippen molar-refractivity contribution in [3.8, 4) is 11.1 Å². The molecule has 22 heavy (non-hydrogen) atoms. The van der Waals surface area contributed by atoms with Crippen molar-refractivity contribution < 1.29 is 0 Å². The second-order valence-electron chi connectivity index (χ2n) is 6.62. The third-order valence-corrected chi connectivity index (χ3v) is 4.98. The van der Waals surface area contributed by atoms with Crippen LogP contribution in [0.15, 0.2) is 54.6 Å². The molecular weight excluding hydrogens is 268 g/mol. The molecule has 0 fully saturated rings. The predicted molar refractivity (Wildman–Crippen MR) is 91.2 cm³/mol. The van der Waals surface area contributed by atoms with Gasteiger partial charge in [0.2, 0.25) is 0 Å². The van der Waals surface area contributed by atoms with Gasteiger partial charge in [-0.3, -0.25) is 0 Å². The van der Waals surface area contributed by atoms with Crippen LogP contribution in [-0.4, -0.2) is 9.97 Å². The van der Waals surface area contributed by atoms with Gasteiger partial charge in [0.15, 0.2) is 0 Å². The summed E-state index contributed by atoms with van der Waals surface area (Å²) >= 11 is 0. The zero-order valence-corrected chi connectivity index (χ0v) is 12.6. The average molecular weight is 284 g/mol. The highest BCUT2D eigenvalue weighted by molar-refractivity contribution is 6.07. The zero-order chi connectivity index (χ0) is 14.9. The van der Waals surface area contributed by atoms with Crippen molar-refractivity contribution >= 4 is 21.9 Å². The van der Waals surface area contributed by atoms with E-state index in [1.54, 1.807) is 0 Å². The molecule has 0 unspecified atom stereocenters. The largest absolute Gasteiger partial charge is 0.339 e.